The Morgan fingerprint density at radius 2 is 1.74 bits per heavy atom. The maximum Gasteiger partial charge on any atom is 0.399 e. The van der Waals surface area contributed by atoms with Gasteiger partial charge in [-0.05, 0) is 49.1 Å². The molecule has 2 aromatic carbocycles. The standard InChI is InChI=1S/C25H26Cl3F3N2O2/c1-4-32-24(35)33(3)11-5-6-22(34)18-9-7-16(12-15(18)2)8-10-19(25(29,30)31)17-13-20(26)23(28)21(27)14-17/h7-10,12-14,19H,4-6,11H2,1-3H3,(H,32,35)/b10-8+. The molecule has 0 fully saturated rings. The van der Waals surface area contributed by atoms with Gasteiger partial charge in [0.25, 0.3) is 0 Å². The first kappa shape index (κ1) is 29.0. The highest BCUT2D eigenvalue weighted by Crippen LogP contribution is 2.41. The summed E-state index contributed by atoms with van der Waals surface area (Å²) in [6.07, 6.45) is -1.48. The first-order chi connectivity index (χ1) is 16.3. The number of rotatable bonds is 9. The van der Waals surface area contributed by atoms with Crippen LogP contribution in [0.5, 0.6) is 0 Å². The lowest BCUT2D eigenvalue weighted by Gasteiger charge is -2.18. The van der Waals surface area contributed by atoms with Crippen molar-refractivity contribution in [3.8, 4) is 0 Å². The minimum atomic E-state index is -4.58. The van der Waals surface area contributed by atoms with Gasteiger partial charge in [-0.1, -0.05) is 65.2 Å². The average Bonchev–Trinajstić information content (AvgIpc) is 2.76. The van der Waals surface area contributed by atoms with Crippen LogP contribution in [0.2, 0.25) is 15.1 Å². The predicted octanol–water partition coefficient (Wildman–Crippen LogP) is 7.94. The van der Waals surface area contributed by atoms with Crippen LogP contribution in [0.1, 0.15) is 52.7 Å². The normalized spacial score (nSPS) is 12.6. The quantitative estimate of drug-likeness (QED) is 0.255. The van der Waals surface area contributed by atoms with Crippen molar-refractivity contribution in [3.63, 3.8) is 0 Å². The van der Waals surface area contributed by atoms with E-state index in [0.29, 0.717) is 36.2 Å². The second-order valence-electron chi connectivity index (χ2n) is 8.04. The Bertz CT molecular complexity index is 1080. The summed E-state index contributed by atoms with van der Waals surface area (Å²) in [7, 11) is 1.65. The minimum absolute atomic E-state index is 0.00580. The number of halogens is 6. The number of hydrogen-bond acceptors (Lipinski definition) is 2. The van der Waals surface area contributed by atoms with Crippen molar-refractivity contribution < 1.29 is 22.8 Å². The van der Waals surface area contributed by atoms with Crippen molar-refractivity contribution in [2.75, 3.05) is 20.1 Å². The molecule has 190 valence electrons. The van der Waals surface area contributed by atoms with E-state index < -0.39 is 12.1 Å². The number of urea groups is 1. The third-order valence-corrected chi connectivity index (χ3v) is 6.52. The van der Waals surface area contributed by atoms with Crippen LogP contribution < -0.4 is 5.32 Å². The Balaban J connectivity index is 2.14. The molecule has 35 heavy (non-hydrogen) atoms. The summed E-state index contributed by atoms with van der Waals surface area (Å²) in [5.41, 5.74) is 1.52. The summed E-state index contributed by atoms with van der Waals surface area (Å²) < 4.78 is 41.2. The maximum absolute atomic E-state index is 13.7. The van der Waals surface area contributed by atoms with E-state index in [1.54, 1.807) is 32.2 Å². The maximum atomic E-state index is 13.7. The van der Waals surface area contributed by atoms with Crippen LogP contribution in [0.25, 0.3) is 6.08 Å². The molecular weight excluding hydrogens is 524 g/mol. The van der Waals surface area contributed by atoms with Gasteiger partial charge >= 0.3 is 12.2 Å². The summed E-state index contributed by atoms with van der Waals surface area (Å²) in [5, 5.41) is 2.55. The number of ketones is 1. The molecule has 4 nitrogen and oxygen atoms in total. The molecule has 0 aromatic heterocycles. The van der Waals surface area contributed by atoms with Gasteiger partial charge in [-0.2, -0.15) is 13.2 Å². The number of nitrogens with one attached hydrogen (secondary N) is 1. The fourth-order valence-corrected chi connectivity index (χ4v) is 4.09. The van der Waals surface area contributed by atoms with Crippen molar-refractivity contribution in [1.82, 2.24) is 10.2 Å². The summed E-state index contributed by atoms with van der Waals surface area (Å²) in [6, 6.07) is 6.94. The monoisotopic (exact) mass is 548 g/mol. The van der Waals surface area contributed by atoms with Gasteiger partial charge in [-0.25, -0.2) is 4.79 Å². The van der Waals surface area contributed by atoms with Gasteiger partial charge in [0.05, 0.1) is 21.0 Å². The van der Waals surface area contributed by atoms with E-state index in [9.17, 15) is 22.8 Å². The summed E-state index contributed by atoms with van der Waals surface area (Å²) in [4.78, 5) is 25.8. The smallest absolute Gasteiger partial charge is 0.338 e. The lowest BCUT2D eigenvalue weighted by Crippen LogP contribution is -2.37. The van der Waals surface area contributed by atoms with Crippen LogP contribution in [0.3, 0.4) is 0 Å². The molecule has 0 saturated heterocycles. The Kier molecular flexibility index (Phi) is 10.5. The SMILES string of the molecule is CCNC(=O)N(C)CCCC(=O)c1ccc(/C=C/C(c2cc(Cl)c(Cl)c(Cl)c2)C(F)(F)F)cc1C. The number of Topliss-reactive ketones (excluding diaryl/α,β-unsaturated/α-hetero) is 1. The Morgan fingerprint density at radius 3 is 2.29 bits per heavy atom. The number of nitrogens with zero attached hydrogens (tertiary/aromatic N) is 1. The van der Waals surface area contributed by atoms with Crippen molar-refractivity contribution in [1.29, 1.82) is 0 Å². The Hall–Kier alpha value is -2.22. The molecule has 0 spiro atoms. The zero-order valence-corrected chi connectivity index (χ0v) is 21.7. The molecule has 1 atom stereocenters. The van der Waals surface area contributed by atoms with Gasteiger partial charge in [-0.15, -0.1) is 0 Å². The number of hydrogen-bond donors (Lipinski definition) is 1. The van der Waals surface area contributed by atoms with E-state index in [0.717, 1.165) is 18.2 Å². The lowest BCUT2D eigenvalue weighted by molar-refractivity contribution is -0.139. The van der Waals surface area contributed by atoms with Crippen LogP contribution >= 0.6 is 34.8 Å². The summed E-state index contributed by atoms with van der Waals surface area (Å²) >= 11 is 17.7. The van der Waals surface area contributed by atoms with E-state index in [-0.39, 0.29) is 38.9 Å². The third-order valence-electron chi connectivity index (χ3n) is 5.32. The minimum Gasteiger partial charge on any atom is -0.338 e. The molecular formula is C25H26Cl3F3N2O2. The van der Waals surface area contributed by atoms with Crippen LogP contribution in [0.15, 0.2) is 36.4 Å². The number of allylic oxidation sites excluding steroid dienone is 1. The molecule has 0 aliphatic rings. The Labute approximate surface area is 218 Å². The van der Waals surface area contributed by atoms with Crippen LogP contribution in [-0.2, 0) is 0 Å². The molecule has 2 aromatic rings. The summed E-state index contributed by atoms with van der Waals surface area (Å²) in [5.74, 6) is -2.04. The fraction of sp³-hybridized carbons (Fsp3) is 0.360. The van der Waals surface area contributed by atoms with Gasteiger partial charge in [0.1, 0.15) is 0 Å². The molecule has 0 saturated carbocycles. The molecule has 10 heteroatoms. The van der Waals surface area contributed by atoms with Gasteiger partial charge in [0, 0.05) is 32.1 Å². The van der Waals surface area contributed by atoms with E-state index >= 15 is 0 Å². The second-order valence-corrected chi connectivity index (χ2v) is 9.23. The van der Waals surface area contributed by atoms with E-state index in [1.165, 1.54) is 11.0 Å². The van der Waals surface area contributed by atoms with E-state index in [1.807, 2.05) is 6.92 Å². The number of carbonyl (C=O) groups excluding carboxylic acids is 2. The average molecular weight is 550 g/mol. The second kappa shape index (κ2) is 12.7. The van der Waals surface area contributed by atoms with Crippen molar-refractivity contribution in [2.24, 2.45) is 0 Å². The van der Waals surface area contributed by atoms with Crippen LogP contribution in [0, 0.1) is 6.92 Å². The molecule has 0 radical (unpaired) electrons. The van der Waals surface area contributed by atoms with Crippen molar-refractivity contribution in [3.05, 3.63) is 73.7 Å². The predicted molar refractivity (Wildman–Crippen MR) is 136 cm³/mol. The fourth-order valence-electron chi connectivity index (χ4n) is 3.47. The van der Waals surface area contributed by atoms with Crippen LogP contribution in [0.4, 0.5) is 18.0 Å². The zero-order chi connectivity index (χ0) is 26.3. The number of amides is 2. The van der Waals surface area contributed by atoms with E-state index in [4.69, 9.17) is 34.8 Å². The first-order valence-electron chi connectivity index (χ1n) is 10.9. The van der Waals surface area contributed by atoms with Gasteiger partial charge in [0.15, 0.2) is 5.78 Å². The highest BCUT2D eigenvalue weighted by molar-refractivity contribution is 6.48. The first-order valence-corrected chi connectivity index (χ1v) is 12.0. The topological polar surface area (TPSA) is 49.4 Å². The molecule has 2 amide bonds. The number of benzene rings is 2. The van der Waals surface area contributed by atoms with Gasteiger partial charge < -0.3 is 10.2 Å². The molecule has 0 heterocycles. The van der Waals surface area contributed by atoms with E-state index in [2.05, 4.69) is 5.32 Å². The summed E-state index contributed by atoms with van der Waals surface area (Å²) in [6.45, 7) is 4.50. The van der Waals surface area contributed by atoms with Crippen LogP contribution in [-0.4, -0.2) is 43.0 Å². The molecule has 1 N–H and O–H groups in total. The number of aryl methyl sites for hydroxylation is 1. The van der Waals surface area contributed by atoms with Crippen molar-refractivity contribution >= 4 is 52.7 Å². The molecule has 0 aliphatic heterocycles. The highest BCUT2D eigenvalue weighted by Gasteiger charge is 2.39. The number of alkyl halides is 3. The van der Waals surface area contributed by atoms with Gasteiger partial charge in [-0.3, -0.25) is 4.79 Å². The van der Waals surface area contributed by atoms with Gasteiger partial charge in [0.2, 0.25) is 0 Å². The number of carbonyl (C=O) groups is 2. The largest absolute Gasteiger partial charge is 0.399 e. The zero-order valence-electron chi connectivity index (χ0n) is 19.5. The highest BCUT2D eigenvalue weighted by atomic mass is 35.5. The molecule has 2 rings (SSSR count). The Morgan fingerprint density at radius 1 is 1.11 bits per heavy atom. The third kappa shape index (κ3) is 8.16. The van der Waals surface area contributed by atoms with Crippen molar-refractivity contribution in [2.45, 2.75) is 38.8 Å². The lowest BCUT2D eigenvalue weighted by atomic mass is 9.95. The molecule has 0 aliphatic carbocycles. The molecule has 0 bridgehead atoms. The molecule has 1 unspecified atom stereocenters.